The van der Waals surface area contributed by atoms with E-state index in [0.717, 1.165) is 35.5 Å². The molecule has 1 unspecified atom stereocenters. The van der Waals surface area contributed by atoms with Gasteiger partial charge in [-0.2, -0.15) is 0 Å². The number of rotatable bonds is 5. The molecule has 1 aromatic heterocycles. The molecule has 3 rings (SSSR count). The Bertz CT molecular complexity index is 710. The number of aryl methyl sites for hydroxylation is 1. The number of hydrogen-bond donors (Lipinski definition) is 4. The van der Waals surface area contributed by atoms with Crippen LogP contribution in [-0.2, 0) is 10.5 Å². The van der Waals surface area contributed by atoms with Crippen molar-refractivity contribution in [3.8, 4) is 10.4 Å². The molecule has 1 amide bonds. The Hall–Kier alpha value is -1.80. The van der Waals surface area contributed by atoms with E-state index >= 15 is 0 Å². The van der Waals surface area contributed by atoms with Gasteiger partial charge in [-0.1, -0.05) is 24.3 Å². The lowest BCUT2D eigenvalue weighted by Gasteiger charge is -2.29. The van der Waals surface area contributed by atoms with Gasteiger partial charge in [0.1, 0.15) is 0 Å². The number of carbonyl (C=O) groups excluding carboxylic acids is 1. The highest BCUT2D eigenvalue weighted by atomic mass is 32.1. The molecule has 1 fully saturated rings. The average molecular weight is 347 g/mol. The maximum atomic E-state index is 12.2. The predicted octanol–water partition coefficient (Wildman–Crippen LogP) is 1.12. The molecular weight excluding hydrogens is 326 g/mol. The highest BCUT2D eigenvalue weighted by molar-refractivity contribution is 7.13. The summed E-state index contributed by atoms with van der Waals surface area (Å²) in [5.74, 6) is -0.300. The zero-order chi connectivity index (χ0) is 17.2. The Kier molecular flexibility index (Phi) is 4.96. The first-order valence-corrected chi connectivity index (χ1v) is 8.81. The number of thiazole rings is 1. The number of aromatic nitrogens is 1. The van der Waals surface area contributed by atoms with Crippen molar-refractivity contribution in [3.05, 3.63) is 41.0 Å². The smallest absolute Gasteiger partial charge is 0.239 e. The molecule has 0 spiro atoms. The van der Waals surface area contributed by atoms with E-state index in [2.05, 4.69) is 15.6 Å². The quantitative estimate of drug-likeness (QED) is 0.608. The Morgan fingerprint density at radius 3 is 2.75 bits per heavy atom. The molecule has 6 nitrogen and oxygen atoms in total. The van der Waals surface area contributed by atoms with Gasteiger partial charge in [0.2, 0.25) is 5.91 Å². The van der Waals surface area contributed by atoms with Crippen LogP contribution >= 0.6 is 11.3 Å². The molecular formula is C17H21N3O3S. The fourth-order valence-electron chi connectivity index (χ4n) is 2.88. The van der Waals surface area contributed by atoms with Crippen molar-refractivity contribution in [3.63, 3.8) is 0 Å². The van der Waals surface area contributed by atoms with Gasteiger partial charge in [-0.15, -0.1) is 11.3 Å². The molecule has 2 heterocycles. The van der Waals surface area contributed by atoms with Gasteiger partial charge in [0, 0.05) is 5.56 Å². The second kappa shape index (κ2) is 6.98. The number of nitrogens with zero attached hydrogens (tertiary/aromatic N) is 1. The van der Waals surface area contributed by atoms with Gasteiger partial charge in [0.15, 0.2) is 5.72 Å². The molecule has 0 saturated carbocycles. The highest BCUT2D eigenvalue weighted by Gasteiger charge is 2.34. The van der Waals surface area contributed by atoms with Crippen LogP contribution in [0.25, 0.3) is 10.4 Å². The second-order valence-electron chi connectivity index (χ2n) is 6.00. The molecule has 1 aliphatic heterocycles. The van der Waals surface area contributed by atoms with Crippen LogP contribution < -0.4 is 10.6 Å². The SMILES string of the molecule is Cc1ncsc1-c1ccc([C@@](O)(CO)NC(=O)C2CCCN2)cc1. The van der Waals surface area contributed by atoms with Gasteiger partial charge in [0.05, 0.1) is 28.7 Å². The third-order valence-electron chi connectivity index (χ3n) is 4.31. The van der Waals surface area contributed by atoms with Gasteiger partial charge in [-0.05, 0) is 31.9 Å². The van der Waals surface area contributed by atoms with Gasteiger partial charge >= 0.3 is 0 Å². The molecule has 128 valence electrons. The van der Waals surface area contributed by atoms with E-state index in [4.69, 9.17) is 0 Å². The average Bonchev–Trinajstić information content (AvgIpc) is 3.26. The fraction of sp³-hybridized carbons (Fsp3) is 0.412. The van der Waals surface area contributed by atoms with Crippen LogP contribution in [0.5, 0.6) is 0 Å². The molecule has 4 N–H and O–H groups in total. The number of carbonyl (C=O) groups is 1. The number of benzene rings is 1. The Labute approximate surface area is 144 Å². The van der Waals surface area contributed by atoms with Crippen molar-refractivity contribution in [2.45, 2.75) is 31.5 Å². The molecule has 1 saturated heterocycles. The third-order valence-corrected chi connectivity index (χ3v) is 5.28. The van der Waals surface area contributed by atoms with Crippen LogP contribution in [-0.4, -0.2) is 40.3 Å². The largest absolute Gasteiger partial charge is 0.391 e. The minimum absolute atomic E-state index is 0.300. The Balaban J connectivity index is 1.79. The zero-order valence-electron chi connectivity index (χ0n) is 13.5. The molecule has 0 bridgehead atoms. The molecule has 1 aromatic carbocycles. The van der Waals surface area contributed by atoms with Gasteiger partial charge in [0.25, 0.3) is 0 Å². The first kappa shape index (κ1) is 17.0. The number of amides is 1. The third kappa shape index (κ3) is 3.34. The second-order valence-corrected chi connectivity index (χ2v) is 6.86. The number of aliphatic hydroxyl groups excluding tert-OH is 1. The number of aliphatic hydroxyl groups is 2. The standard InChI is InChI=1S/C17H21N3O3S/c1-11-15(24-10-19-11)12-4-6-13(7-5-12)17(23,9-21)20-16(22)14-3-2-8-18-14/h4-7,10,14,18,21,23H,2-3,8-9H2,1H3,(H,20,22)/t14?,17-/m0/s1. The maximum Gasteiger partial charge on any atom is 0.239 e. The van der Waals surface area contributed by atoms with E-state index in [0.29, 0.717) is 5.56 Å². The minimum Gasteiger partial charge on any atom is -0.391 e. The van der Waals surface area contributed by atoms with E-state index in [9.17, 15) is 15.0 Å². The minimum atomic E-state index is -1.79. The van der Waals surface area contributed by atoms with Crippen molar-refractivity contribution >= 4 is 17.2 Å². The van der Waals surface area contributed by atoms with Crippen LogP contribution in [0.2, 0.25) is 0 Å². The van der Waals surface area contributed by atoms with Crippen LogP contribution in [0.15, 0.2) is 29.8 Å². The summed E-state index contributed by atoms with van der Waals surface area (Å²) in [6.07, 6.45) is 1.66. The summed E-state index contributed by atoms with van der Waals surface area (Å²) < 4.78 is 0. The lowest BCUT2D eigenvalue weighted by Crippen LogP contribution is -2.53. The van der Waals surface area contributed by atoms with Gasteiger partial charge < -0.3 is 20.8 Å². The molecule has 0 aliphatic carbocycles. The summed E-state index contributed by atoms with van der Waals surface area (Å²) in [6, 6.07) is 6.83. The van der Waals surface area contributed by atoms with E-state index < -0.39 is 12.3 Å². The summed E-state index contributed by atoms with van der Waals surface area (Å²) >= 11 is 1.55. The van der Waals surface area contributed by atoms with E-state index in [-0.39, 0.29) is 11.9 Å². The van der Waals surface area contributed by atoms with Crippen LogP contribution in [0, 0.1) is 6.92 Å². The summed E-state index contributed by atoms with van der Waals surface area (Å²) in [4.78, 5) is 17.5. The Morgan fingerprint density at radius 2 is 2.21 bits per heavy atom. The lowest BCUT2D eigenvalue weighted by molar-refractivity contribution is -0.134. The summed E-state index contributed by atoms with van der Waals surface area (Å²) in [5, 5.41) is 26.0. The molecule has 0 radical (unpaired) electrons. The van der Waals surface area contributed by atoms with Crippen LogP contribution in [0.4, 0.5) is 0 Å². The number of nitrogens with one attached hydrogen (secondary N) is 2. The monoisotopic (exact) mass is 347 g/mol. The molecule has 2 aromatic rings. The van der Waals surface area contributed by atoms with Crippen molar-refractivity contribution in [1.29, 1.82) is 0 Å². The normalized spacial score (nSPS) is 19.9. The maximum absolute atomic E-state index is 12.2. The van der Waals surface area contributed by atoms with Crippen molar-refractivity contribution in [2.24, 2.45) is 0 Å². The van der Waals surface area contributed by atoms with E-state index in [1.54, 1.807) is 29.0 Å². The summed E-state index contributed by atoms with van der Waals surface area (Å²) in [6.45, 7) is 2.14. The molecule has 1 aliphatic rings. The number of hydrogen-bond acceptors (Lipinski definition) is 6. The fourth-order valence-corrected chi connectivity index (χ4v) is 3.69. The Morgan fingerprint density at radius 1 is 1.46 bits per heavy atom. The van der Waals surface area contributed by atoms with E-state index in [1.165, 1.54) is 0 Å². The first-order valence-electron chi connectivity index (χ1n) is 7.93. The van der Waals surface area contributed by atoms with Crippen molar-refractivity contribution < 1.29 is 15.0 Å². The molecule has 7 heteroatoms. The summed E-state index contributed by atoms with van der Waals surface area (Å²) in [7, 11) is 0. The van der Waals surface area contributed by atoms with Gasteiger partial charge in [-0.25, -0.2) is 4.98 Å². The zero-order valence-corrected chi connectivity index (χ0v) is 14.3. The van der Waals surface area contributed by atoms with Crippen molar-refractivity contribution in [1.82, 2.24) is 15.6 Å². The predicted molar refractivity (Wildman–Crippen MR) is 92.4 cm³/mol. The first-order chi connectivity index (χ1) is 11.5. The molecule has 24 heavy (non-hydrogen) atoms. The van der Waals surface area contributed by atoms with Crippen molar-refractivity contribution in [2.75, 3.05) is 13.2 Å². The van der Waals surface area contributed by atoms with Crippen LogP contribution in [0.1, 0.15) is 24.1 Å². The highest BCUT2D eigenvalue weighted by Crippen LogP contribution is 2.29. The van der Waals surface area contributed by atoms with E-state index in [1.807, 2.05) is 19.1 Å². The molecule has 2 atom stereocenters. The summed E-state index contributed by atoms with van der Waals surface area (Å²) in [5.41, 5.74) is 2.39. The van der Waals surface area contributed by atoms with Gasteiger partial charge in [-0.3, -0.25) is 4.79 Å². The van der Waals surface area contributed by atoms with Crippen LogP contribution in [0.3, 0.4) is 0 Å². The topological polar surface area (TPSA) is 94.5 Å². The lowest BCUT2D eigenvalue weighted by atomic mass is 10.0.